The highest BCUT2D eigenvalue weighted by atomic mass is 16.5. The minimum absolute atomic E-state index is 0.301. The SMILES string of the molecule is CCCCCCC(C)OCc1cc(N)ccn1. The number of nitrogens with two attached hydrogens (primary N) is 1. The molecule has 1 atom stereocenters. The van der Waals surface area contributed by atoms with Crippen LogP contribution in [0.4, 0.5) is 5.69 Å². The molecule has 0 aliphatic rings. The lowest BCUT2D eigenvalue weighted by Crippen LogP contribution is -2.08. The van der Waals surface area contributed by atoms with Gasteiger partial charge in [0.05, 0.1) is 18.4 Å². The first-order chi connectivity index (χ1) is 8.22. The molecule has 1 unspecified atom stereocenters. The van der Waals surface area contributed by atoms with Crippen molar-refractivity contribution < 1.29 is 4.74 Å². The standard InChI is InChI=1S/C14H24N2O/c1-3-4-5-6-7-12(2)17-11-14-10-13(15)8-9-16-14/h8-10,12H,3-7,11H2,1-2H3,(H2,15,16). The van der Waals surface area contributed by atoms with Crippen molar-refractivity contribution in [3.63, 3.8) is 0 Å². The molecular weight excluding hydrogens is 212 g/mol. The van der Waals surface area contributed by atoms with E-state index in [2.05, 4.69) is 18.8 Å². The van der Waals surface area contributed by atoms with Crippen LogP contribution in [0, 0.1) is 0 Å². The van der Waals surface area contributed by atoms with Gasteiger partial charge in [0, 0.05) is 11.9 Å². The van der Waals surface area contributed by atoms with Crippen molar-refractivity contribution in [2.45, 2.75) is 58.7 Å². The van der Waals surface area contributed by atoms with Gasteiger partial charge in [0.15, 0.2) is 0 Å². The molecule has 0 amide bonds. The minimum Gasteiger partial charge on any atom is -0.399 e. The zero-order valence-electron chi connectivity index (χ0n) is 11.0. The number of ether oxygens (including phenoxy) is 1. The Kier molecular flexibility index (Phi) is 6.63. The fraction of sp³-hybridized carbons (Fsp3) is 0.643. The zero-order valence-corrected chi connectivity index (χ0v) is 11.0. The summed E-state index contributed by atoms with van der Waals surface area (Å²) in [5.41, 5.74) is 7.34. The van der Waals surface area contributed by atoms with Gasteiger partial charge in [-0.1, -0.05) is 32.6 Å². The van der Waals surface area contributed by atoms with Crippen LogP contribution < -0.4 is 5.73 Å². The van der Waals surface area contributed by atoms with Crippen LogP contribution >= 0.6 is 0 Å². The molecule has 0 radical (unpaired) electrons. The third-order valence-corrected chi connectivity index (χ3v) is 2.82. The second kappa shape index (κ2) is 8.07. The van der Waals surface area contributed by atoms with Gasteiger partial charge in [-0.15, -0.1) is 0 Å². The Morgan fingerprint density at radius 3 is 2.88 bits per heavy atom. The molecule has 0 bridgehead atoms. The fourth-order valence-corrected chi connectivity index (χ4v) is 1.75. The molecule has 1 rings (SSSR count). The minimum atomic E-state index is 0.301. The second-order valence-corrected chi connectivity index (χ2v) is 4.55. The number of hydrogen-bond donors (Lipinski definition) is 1. The molecular formula is C14H24N2O. The summed E-state index contributed by atoms with van der Waals surface area (Å²) >= 11 is 0. The number of unbranched alkanes of at least 4 members (excludes halogenated alkanes) is 3. The number of nitrogens with zero attached hydrogens (tertiary/aromatic N) is 1. The lowest BCUT2D eigenvalue weighted by Gasteiger charge is -2.12. The average molecular weight is 236 g/mol. The predicted octanol–water partition coefficient (Wildman–Crippen LogP) is 3.54. The Morgan fingerprint density at radius 2 is 2.18 bits per heavy atom. The number of hydrogen-bond acceptors (Lipinski definition) is 3. The van der Waals surface area contributed by atoms with Crippen LogP contribution in [-0.4, -0.2) is 11.1 Å². The molecule has 1 aromatic rings. The molecule has 0 aromatic carbocycles. The van der Waals surface area contributed by atoms with E-state index in [1.165, 1.54) is 25.7 Å². The zero-order chi connectivity index (χ0) is 12.5. The van der Waals surface area contributed by atoms with Gasteiger partial charge in [-0.3, -0.25) is 4.98 Å². The summed E-state index contributed by atoms with van der Waals surface area (Å²) in [4.78, 5) is 4.22. The number of pyridine rings is 1. The third-order valence-electron chi connectivity index (χ3n) is 2.82. The van der Waals surface area contributed by atoms with Crippen molar-refractivity contribution in [2.75, 3.05) is 5.73 Å². The first-order valence-electron chi connectivity index (χ1n) is 6.54. The molecule has 0 saturated carbocycles. The molecule has 3 heteroatoms. The number of aromatic nitrogens is 1. The number of anilines is 1. The van der Waals surface area contributed by atoms with E-state index in [1.54, 1.807) is 12.3 Å². The summed E-state index contributed by atoms with van der Waals surface area (Å²) in [7, 11) is 0. The highest BCUT2D eigenvalue weighted by Gasteiger charge is 2.03. The largest absolute Gasteiger partial charge is 0.399 e. The van der Waals surface area contributed by atoms with Crippen molar-refractivity contribution in [3.8, 4) is 0 Å². The van der Waals surface area contributed by atoms with Gasteiger partial charge in [-0.25, -0.2) is 0 Å². The molecule has 0 saturated heterocycles. The molecule has 3 nitrogen and oxygen atoms in total. The monoisotopic (exact) mass is 236 g/mol. The van der Waals surface area contributed by atoms with Crippen LogP contribution in [-0.2, 0) is 11.3 Å². The van der Waals surface area contributed by atoms with Gasteiger partial charge in [-0.05, 0) is 25.5 Å². The summed E-state index contributed by atoms with van der Waals surface area (Å²) in [6.45, 7) is 4.91. The summed E-state index contributed by atoms with van der Waals surface area (Å²) in [6.07, 6.45) is 8.31. The van der Waals surface area contributed by atoms with Crippen LogP contribution in [0.2, 0.25) is 0 Å². The van der Waals surface area contributed by atoms with E-state index in [1.807, 2.05) is 6.07 Å². The van der Waals surface area contributed by atoms with Gasteiger partial charge in [0.1, 0.15) is 0 Å². The topological polar surface area (TPSA) is 48.1 Å². The number of rotatable bonds is 8. The van der Waals surface area contributed by atoms with Crippen molar-refractivity contribution in [1.29, 1.82) is 0 Å². The quantitative estimate of drug-likeness (QED) is 0.702. The van der Waals surface area contributed by atoms with E-state index >= 15 is 0 Å². The van der Waals surface area contributed by atoms with Crippen molar-refractivity contribution in [3.05, 3.63) is 24.0 Å². The Hall–Kier alpha value is -1.09. The van der Waals surface area contributed by atoms with E-state index in [9.17, 15) is 0 Å². The van der Waals surface area contributed by atoms with Crippen LogP contribution in [0.15, 0.2) is 18.3 Å². The Morgan fingerprint density at radius 1 is 1.35 bits per heavy atom. The van der Waals surface area contributed by atoms with Crippen LogP contribution in [0.1, 0.15) is 51.6 Å². The smallest absolute Gasteiger partial charge is 0.0892 e. The molecule has 96 valence electrons. The van der Waals surface area contributed by atoms with Gasteiger partial charge in [0.2, 0.25) is 0 Å². The lowest BCUT2D eigenvalue weighted by molar-refractivity contribution is 0.0440. The maximum absolute atomic E-state index is 5.75. The summed E-state index contributed by atoms with van der Waals surface area (Å²) in [5.74, 6) is 0. The van der Waals surface area contributed by atoms with Gasteiger partial charge >= 0.3 is 0 Å². The molecule has 17 heavy (non-hydrogen) atoms. The maximum Gasteiger partial charge on any atom is 0.0892 e. The van der Waals surface area contributed by atoms with Gasteiger partial charge in [-0.2, -0.15) is 0 Å². The van der Waals surface area contributed by atoms with Gasteiger partial charge < -0.3 is 10.5 Å². The summed E-state index contributed by atoms with van der Waals surface area (Å²) in [6, 6.07) is 3.65. The maximum atomic E-state index is 5.75. The second-order valence-electron chi connectivity index (χ2n) is 4.55. The van der Waals surface area contributed by atoms with Crippen molar-refractivity contribution >= 4 is 5.69 Å². The first kappa shape index (κ1) is 14.0. The molecule has 0 aliphatic heterocycles. The van der Waals surface area contributed by atoms with Crippen molar-refractivity contribution in [1.82, 2.24) is 4.98 Å². The van der Waals surface area contributed by atoms with Crippen LogP contribution in [0.25, 0.3) is 0 Å². The Labute approximate surface area is 104 Å². The lowest BCUT2D eigenvalue weighted by atomic mass is 10.1. The first-order valence-corrected chi connectivity index (χ1v) is 6.54. The molecule has 2 N–H and O–H groups in total. The fourth-order valence-electron chi connectivity index (χ4n) is 1.75. The number of nitrogen functional groups attached to an aromatic ring is 1. The molecule has 0 fully saturated rings. The molecule has 0 aliphatic carbocycles. The Balaban J connectivity index is 2.17. The van der Waals surface area contributed by atoms with Crippen LogP contribution in [0.5, 0.6) is 0 Å². The van der Waals surface area contributed by atoms with Crippen LogP contribution in [0.3, 0.4) is 0 Å². The predicted molar refractivity (Wildman–Crippen MR) is 71.7 cm³/mol. The normalized spacial score (nSPS) is 12.6. The van der Waals surface area contributed by atoms with E-state index in [0.717, 1.165) is 17.8 Å². The molecule has 1 heterocycles. The Bertz CT molecular complexity index is 315. The molecule has 1 aromatic heterocycles. The van der Waals surface area contributed by atoms with E-state index in [4.69, 9.17) is 10.5 Å². The van der Waals surface area contributed by atoms with Crippen molar-refractivity contribution in [2.24, 2.45) is 0 Å². The van der Waals surface area contributed by atoms with Gasteiger partial charge in [0.25, 0.3) is 0 Å². The van der Waals surface area contributed by atoms with E-state index in [-0.39, 0.29) is 0 Å². The molecule has 0 spiro atoms. The highest BCUT2D eigenvalue weighted by Crippen LogP contribution is 2.10. The van der Waals surface area contributed by atoms with E-state index < -0.39 is 0 Å². The summed E-state index contributed by atoms with van der Waals surface area (Å²) in [5, 5.41) is 0. The summed E-state index contributed by atoms with van der Waals surface area (Å²) < 4.78 is 5.75. The highest BCUT2D eigenvalue weighted by molar-refractivity contribution is 5.36. The third kappa shape index (κ3) is 6.27. The average Bonchev–Trinajstić information content (AvgIpc) is 2.32. The van der Waals surface area contributed by atoms with E-state index in [0.29, 0.717) is 12.7 Å².